The topological polar surface area (TPSA) is 62.5 Å². The maximum absolute atomic E-state index is 11.8. The van der Waals surface area contributed by atoms with Crippen molar-refractivity contribution in [2.75, 3.05) is 0 Å². The molecule has 0 aliphatic carbocycles. The van der Waals surface area contributed by atoms with E-state index >= 15 is 0 Å². The molecular weight excluding hydrogens is 302 g/mol. The van der Waals surface area contributed by atoms with Gasteiger partial charge < -0.3 is 9.52 Å². The third kappa shape index (κ3) is 2.93. The van der Waals surface area contributed by atoms with Gasteiger partial charge in [-0.25, -0.2) is 4.79 Å². The summed E-state index contributed by atoms with van der Waals surface area (Å²) < 4.78 is 5.95. The van der Waals surface area contributed by atoms with Crippen molar-refractivity contribution in [1.82, 2.24) is 5.32 Å². The highest BCUT2D eigenvalue weighted by Crippen LogP contribution is 2.26. The minimum absolute atomic E-state index is 0.343. The number of carboxylic acids is 1. The van der Waals surface area contributed by atoms with Crippen LogP contribution in [0.25, 0.3) is 11.0 Å². The van der Waals surface area contributed by atoms with Crippen molar-refractivity contribution in [1.29, 1.82) is 0 Å². The molecular formula is C20H21NO3. The van der Waals surface area contributed by atoms with Crippen LogP contribution in [0.3, 0.4) is 0 Å². The molecule has 2 N–H and O–H groups in total. The number of furan rings is 1. The Hall–Kier alpha value is -2.59. The Morgan fingerprint density at radius 3 is 2.58 bits per heavy atom. The standard InChI is InChI=1S/C20H21NO3/c1-3-14-8-7-9-15-12-17(24-18(14)15)13-21-20(2,19(22)23)16-10-5-4-6-11-16/h4-12,21H,3,13H2,1-2H3,(H,22,23). The maximum Gasteiger partial charge on any atom is 0.328 e. The van der Waals surface area contributed by atoms with Crippen LogP contribution in [0.2, 0.25) is 0 Å². The van der Waals surface area contributed by atoms with Crippen LogP contribution >= 0.6 is 0 Å². The quantitative estimate of drug-likeness (QED) is 0.717. The Morgan fingerprint density at radius 2 is 1.92 bits per heavy atom. The lowest BCUT2D eigenvalue weighted by molar-refractivity contribution is -0.144. The van der Waals surface area contributed by atoms with Crippen molar-refractivity contribution in [2.24, 2.45) is 0 Å². The molecule has 2 aromatic carbocycles. The predicted octanol–water partition coefficient (Wildman–Crippen LogP) is 4.08. The number of fused-ring (bicyclic) bond motifs is 1. The Kier molecular flexibility index (Phi) is 4.40. The first kappa shape index (κ1) is 16.3. The Morgan fingerprint density at radius 1 is 1.17 bits per heavy atom. The van der Waals surface area contributed by atoms with E-state index in [1.165, 1.54) is 0 Å². The fourth-order valence-corrected chi connectivity index (χ4v) is 2.88. The van der Waals surface area contributed by atoms with Crippen LogP contribution in [0.15, 0.2) is 59.0 Å². The molecule has 124 valence electrons. The van der Waals surface area contributed by atoms with Gasteiger partial charge in [0, 0.05) is 5.39 Å². The van der Waals surface area contributed by atoms with E-state index in [0.717, 1.165) is 28.7 Å². The highest BCUT2D eigenvalue weighted by Gasteiger charge is 2.34. The second-order valence-electron chi connectivity index (χ2n) is 6.05. The molecule has 24 heavy (non-hydrogen) atoms. The number of aryl methyl sites for hydroxylation is 1. The molecule has 0 aliphatic rings. The molecule has 0 saturated carbocycles. The van der Waals surface area contributed by atoms with Crippen LogP contribution in [0, 0.1) is 0 Å². The van der Waals surface area contributed by atoms with Crippen molar-refractivity contribution < 1.29 is 14.3 Å². The molecule has 1 heterocycles. The third-order valence-electron chi connectivity index (χ3n) is 4.45. The van der Waals surface area contributed by atoms with Gasteiger partial charge in [0.05, 0.1) is 6.54 Å². The number of nitrogens with one attached hydrogen (secondary N) is 1. The molecule has 0 bridgehead atoms. The number of benzene rings is 2. The molecule has 0 fully saturated rings. The summed E-state index contributed by atoms with van der Waals surface area (Å²) in [5, 5.41) is 13.9. The lowest BCUT2D eigenvalue weighted by Gasteiger charge is -2.26. The van der Waals surface area contributed by atoms with Crippen molar-refractivity contribution in [3.63, 3.8) is 0 Å². The van der Waals surface area contributed by atoms with E-state index in [1.54, 1.807) is 6.92 Å². The van der Waals surface area contributed by atoms with Crippen LogP contribution in [0.5, 0.6) is 0 Å². The van der Waals surface area contributed by atoms with Gasteiger partial charge in [-0.2, -0.15) is 0 Å². The lowest BCUT2D eigenvalue weighted by Crippen LogP contribution is -2.46. The van der Waals surface area contributed by atoms with Crippen LogP contribution in [-0.2, 0) is 23.3 Å². The minimum atomic E-state index is -1.17. The zero-order chi connectivity index (χ0) is 17.2. The largest absolute Gasteiger partial charge is 0.480 e. The van der Waals surface area contributed by atoms with Gasteiger partial charge in [-0.1, -0.05) is 55.5 Å². The van der Waals surface area contributed by atoms with Crippen LogP contribution < -0.4 is 5.32 Å². The van der Waals surface area contributed by atoms with E-state index in [9.17, 15) is 9.90 Å². The summed E-state index contributed by atoms with van der Waals surface area (Å²) in [5.41, 5.74) is 1.58. The molecule has 3 aromatic rings. The molecule has 1 unspecified atom stereocenters. The van der Waals surface area contributed by atoms with Gasteiger partial charge in [-0.15, -0.1) is 0 Å². The smallest absolute Gasteiger partial charge is 0.328 e. The van der Waals surface area contributed by atoms with Crippen molar-refractivity contribution in [2.45, 2.75) is 32.4 Å². The highest BCUT2D eigenvalue weighted by molar-refractivity contribution is 5.81. The van der Waals surface area contributed by atoms with Crippen molar-refractivity contribution in [3.05, 3.63) is 71.5 Å². The van der Waals surface area contributed by atoms with Gasteiger partial charge in [-0.05, 0) is 30.5 Å². The molecule has 0 spiro atoms. The SMILES string of the molecule is CCc1cccc2cc(CNC(C)(C(=O)O)c3ccccc3)oc12. The monoisotopic (exact) mass is 323 g/mol. The van der Waals surface area contributed by atoms with Crippen molar-refractivity contribution >= 4 is 16.9 Å². The number of para-hydroxylation sites is 1. The normalized spacial score (nSPS) is 13.8. The van der Waals surface area contributed by atoms with Gasteiger partial charge >= 0.3 is 5.97 Å². The second kappa shape index (κ2) is 6.49. The maximum atomic E-state index is 11.8. The average molecular weight is 323 g/mol. The molecule has 1 aromatic heterocycles. The minimum Gasteiger partial charge on any atom is -0.480 e. The van der Waals surface area contributed by atoms with Gasteiger partial charge in [0.2, 0.25) is 0 Å². The number of aliphatic carboxylic acids is 1. The first-order valence-electron chi connectivity index (χ1n) is 8.09. The fraction of sp³-hybridized carbons (Fsp3) is 0.250. The van der Waals surface area contributed by atoms with E-state index in [4.69, 9.17) is 4.42 Å². The van der Waals surface area contributed by atoms with Crippen molar-refractivity contribution in [3.8, 4) is 0 Å². The Bertz CT molecular complexity index is 854. The Labute approximate surface area is 141 Å². The van der Waals surface area contributed by atoms with Gasteiger partial charge in [-0.3, -0.25) is 5.32 Å². The van der Waals surface area contributed by atoms with Gasteiger partial charge in [0.25, 0.3) is 0 Å². The lowest BCUT2D eigenvalue weighted by atomic mass is 9.92. The predicted molar refractivity (Wildman–Crippen MR) is 93.9 cm³/mol. The number of carbonyl (C=O) groups is 1. The molecule has 0 saturated heterocycles. The third-order valence-corrected chi connectivity index (χ3v) is 4.45. The number of hydrogen-bond acceptors (Lipinski definition) is 3. The molecule has 4 nitrogen and oxygen atoms in total. The fourth-order valence-electron chi connectivity index (χ4n) is 2.88. The van der Waals surface area contributed by atoms with Gasteiger partial charge in [0.1, 0.15) is 16.9 Å². The van der Waals surface area contributed by atoms with Gasteiger partial charge in [0.15, 0.2) is 0 Å². The molecule has 1 atom stereocenters. The summed E-state index contributed by atoms with van der Waals surface area (Å²) in [5.74, 6) is -0.187. The Balaban J connectivity index is 1.87. The zero-order valence-corrected chi connectivity index (χ0v) is 13.9. The molecule has 0 radical (unpaired) electrons. The van der Waals surface area contributed by atoms with E-state index in [2.05, 4.69) is 12.2 Å². The van der Waals surface area contributed by atoms with Crippen LogP contribution in [-0.4, -0.2) is 11.1 Å². The highest BCUT2D eigenvalue weighted by atomic mass is 16.4. The van der Waals surface area contributed by atoms with E-state index in [1.807, 2.05) is 54.6 Å². The summed E-state index contributed by atoms with van der Waals surface area (Å²) in [6.07, 6.45) is 0.897. The molecule has 3 rings (SSSR count). The zero-order valence-electron chi connectivity index (χ0n) is 13.9. The summed E-state index contributed by atoms with van der Waals surface area (Å²) in [6, 6.07) is 17.2. The average Bonchev–Trinajstić information content (AvgIpc) is 3.03. The summed E-state index contributed by atoms with van der Waals surface area (Å²) >= 11 is 0. The summed E-state index contributed by atoms with van der Waals surface area (Å²) in [6.45, 7) is 4.10. The molecule has 0 aliphatic heterocycles. The number of carboxylic acid groups (broad SMARTS) is 1. The van der Waals surface area contributed by atoms with E-state index in [0.29, 0.717) is 12.1 Å². The second-order valence-corrected chi connectivity index (χ2v) is 6.05. The van der Waals surface area contributed by atoms with Crippen LogP contribution in [0.1, 0.15) is 30.7 Å². The first-order chi connectivity index (χ1) is 11.5. The van der Waals surface area contributed by atoms with Crippen LogP contribution in [0.4, 0.5) is 0 Å². The summed E-state index contributed by atoms with van der Waals surface area (Å²) in [7, 11) is 0. The summed E-state index contributed by atoms with van der Waals surface area (Å²) in [4.78, 5) is 11.8. The molecule has 0 amide bonds. The van der Waals surface area contributed by atoms with E-state index in [-0.39, 0.29) is 0 Å². The van der Waals surface area contributed by atoms with E-state index < -0.39 is 11.5 Å². The molecule has 4 heteroatoms. The first-order valence-corrected chi connectivity index (χ1v) is 8.09. The number of rotatable bonds is 6. The number of hydrogen-bond donors (Lipinski definition) is 2.